The minimum atomic E-state index is -0.595. The molecule has 3 N–H and O–H groups in total. The molecule has 0 spiro atoms. The van der Waals surface area contributed by atoms with Crippen LogP contribution in [-0.2, 0) is 19.2 Å². The Kier molecular flexibility index (Phi) is 5.28. The van der Waals surface area contributed by atoms with Crippen molar-refractivity contribution in [3.63, 3.8) is 0 Å². The van der Waals surface area contributed by atoms with Crippen molar-refractivity contribution in [3.05, 3.63) is 11.1 Å². The van der Waals surface area contributed by atoms with Gasteiger partial charge in [-0.15, -0.1) is 22.9 Å². The smallest absolute Gasteiger partial charge is 0.276 e. The number of alkyl halides is 1. The van der Waals surface area contributed by atoms with E-state index in [9.17, 15) is 14.4 Å². The summed E-state index contributed by atoms with van der Waals surface area (Å²) in [6, 6.07) is -0.594. The predicted octanol–water partition coefficient (Wildman–Crippen LogP) is -0.714. The van der Waals surface area contributed by atoms with Crippen LogP contribution in [0.2, 0.25) is 0 Å². The van der Waals surface area contributed by atoms with Crippen LogP contribution in [0.25, 0.3) is 0 Å². The second-order valence-electron chi connectivity index (χ2n) is 4.11. The van der Waals surface area contributed by atoms with Gasteiger partial charge in [0, 0.05) is 11.9 Å². The Labute approximate surface area is 134 Å². The highest BCUT2D eigenvalue weighted by Gasteiger charge is 2.31. The number of amides is 3. The van der Waals surface area contributed by atoms with E-state index >= 15 is 0 Å². The van der Waals surface area contributed by atoms with Crippen LogP contribution in [0.1, 0.15) is 5.69 Å². The average molecular weight is 346 g/mol. The number of nitrogens with zero attached hydrogens (tertiary/aromatic N) is 2. The molecule has 0 aliphatic carbocycles. The first-order valence-corrected chi connectivity index (χ1v) is 7.48. The fourth-order valence-corrected chi connectivity index (χ4v) is 2.30. The zero-order chi connectivity index (χ0) is 16.1. The van der Waals surface area contributed by atoms with Gasteiger partial charge in [-0.3, -0.25) is 14.4 Å². The van der Waals surface area contributed by atoms with Gasteiger partial charge >= 0.3 is 0 Å². The molecule has 9 nitrogen and oxygen atoms in total. The highest BCUT2D eigenvalue weighted by molar-refractivity contribution is 7.14. The van der Waals surface area contributed by atoms with Gasteiger partial charge in [0.05, 0.1) is 0 Å². The van der Waals surface area contributed by atoms with E-state index < -0.39 is 17.9 Å². The SMILES string of the molecule is CON=C(C(=O)NC1CNC1=O)c1csc(NC(=O)CCl)n1. The summed E-state index contributed by atoms with van der Waals surface area (Å²) in [7, 11) is 1.28. The molecule has 1 fully saturated rings. The molecule has 1 atom stereocenters. The summed E-state index contributed by atoms with van der Waals surface area (Å²) in [6.07, 6.45) is 0. The Morgan fingerprint density at radius 2 is 2.41 bits per heavy atom. The van der Waals surface area contributed by atoms with Crippen molar-refractivity contribution in [2.45, 2.75) is 6.04 Å². The van der Waals surface area contributed by atoms with Crippen LogP contribution < -0.4 is 16.0 Å². The molecular weight excluding hydrogens is 334 g/mol. The highest BCUT2D eigenvalue weighted by Crippen LogP contribution is 2.16. The Bertz CT molecular complexity index is 632. The average Bonchev–Trinajstić information content (AvgIpc) is 2.96. The Balaban J connectivity index is 2.10. The number of aromatic nitrogens is 1. The molecule has 0 radical (unpaired) electrons. The number of halogens is 1. The molecule has 1 aromatic rings. The highest BCUT2D eigenvalue weighted by atomic mass is 35.5. The minimum Gasteiger partial charge on any atom is -0.398 e. The lowest BCUT2D eigenvalue weighted by molar-refractivity contribution is -0.131. The molecule has 2 heterocycles. The molecule has 1 aliphatic heterocycles. The lowest BCUT2D eigenvalue weighted by atomic mass is 10.1. The van der Waals surface area contributed by atoms with Crippen molar-refractivity contribution < 1.29 is 19.2 Å². The summed E-state index contributed by atoms with van der Waals surface area (Å²) >= 11 is 6.49. The zero-order valence-corrected chi connectivity index (χ0v) is 13.0. The van der Waals surface area contributed by atoms with E-state index in [1.165, 1.54) is 12.5 Å². The van der Waals surface area contributed by atoms with Crippen molar-refractivity contribution >= 4 is 51.5 Å². The maximum absolute atomic E-state index is 12.1. The minimum absolute atomic E-state index is 0.0928. The van der Waals surface area contributed by atoms with Crippen molar-refractivity contribution in [3.8, 4) is 0 Å². The molecule has 1 aliphatic rings. The molecule has 22 heavy (non-hydrogen) atoms. The molecular formula is C11H12ClN5O4S. The van der Waals surface area contributed by atoms with Crippen LogP contribution in [0.4, 0.5) is 5.13 Å². The van der Waals surface area contributed by atoms with Crippen LogP contribution in [0.15, 0.2) is 10.5 Å². The number of oxime groups is 1. The number of hydrogen-bond acceptors (Lipinski definition) is 7. The number of thiazole rings is 1. The van der Waals surface area contributed by atoms with E-state index in [0.29, 0.717) is 6.54 Å². The number of carbonyl (C=O) groups is 3. The van der Waals surface area contributed by atoms with Gasteiger partial charge in [0.2, 0.25) is 11.8 Å². The maximum atomic E-state index is 12.1. The standard InChI is InChI=1S/C11H12ClN5O4S/c1-21-17-8(10(20)14-5-3-13-9(5)19)6-4-22-11(15-6)16-7(18)2-12/h4-5H,2-3H2,1H3,(H,13,19)(H,14,20)(H,15,16,18). The molecule has 3 amide bonds. The number of anilines is 1. The molecule has 0 saturated carbocycles. The van der Waals surface area contributed by atoms with Gasteiger partial charge in [-0.05, 0) is 0 Å². The molecule has 0 aromatic carbocycles. The molecule has 1 unspecified atom stereocenters. The van der Waals surface area contributed by atoms with E-state index in [1.54, 1.807) is 0 Å². The summed E-state index contributed by atoms with van der Waals surface area (Å²) < 4.78 is 0. The Morgan fingerprint density at radius 1 is 1.64 bits per heavy atom. The van der Waals surface area contributed by atoms with Crippen LogP contribution in [0.5, 0.6) is 0 Å². The normalized spacial score (nSPS) is 17.3. The first kappa shape index (κ1) is 16.2. The second kappa shape index (κ2) is 7.18. The van der Waals surface area contributed by atoms with Crippen molar-refractivity contribution in [1.82, 2.24) is 15.6 Å². The fraction of sp³-hybridized carbons (Fsp3) is 0.364. The lowest BCUT2D eigenvalue weighted by Gasteiger charge is -2.26. The third-order valence-corrected chi connectivity index (χ3v) is 3.61. The van der Waals surface area contributed by atoms with E-state index in [-0.39, 0.29) is 28.3 Å². The number of β-lactam (4-membered cyclic amide) rings is 1. The first-order chi connectivity index (χ1) is 10.5. The molecule has 11 heteroatoms. The molecule has 1 saturated heterocycles. The molecule has 118 valence electrons. The number of rotatable bonds is 6. The summed E-state index contributed by atoms with van der Waals surface area (Å²) in [6.45, 7) is 0.360. The summed E-state index contributed by atoms with van der Waals surface area (Å²) in [4.78, 5) is 43.2. The monoisotopic (exact) mass is 345 g/mol. The number of carbonyl (C=O) groups excluding carboxylic acids is 3. The predicted molar refractivity (Wildman–Crippen MR) is 80.0 cm³/mol. The largest absolute Gasteiger partial charge is 0.398 e. The molecule has 2 rings (SSSR count). The summed E-state index contributed by atoms with van der Waals surface area (Å²) in [5.74, 6) is -1.48. The first-order valence-electron chi connectivity index (χ1n) is 6.06. The number of nitrogens with one attached hydrogen (secondary N) is 3. The van der Waals surface area contributed by atoms with Gasteiger partial charge in [-0.25, -0.2) is 4.98 Å². The maximum Gasteiger partial charge on any atom is 0.276 e. The van der Waals surface area contributed by atoms with E-state index in [2.05, 4.69) is 30.9 Å². The topological polar surface area (TPSA) is 122 Å². The van der Waals surface area contributed by atoms with Gasteiger partial charge in [0.25, 0.3) is 5.91 Å². The zero-order valence-electron chi connectivity index (χ0n) is 11.4. The second-order valence-corrected chi connectivity index (χ2v) is 5.24. The van der Waals surface area contributed by atoms with Crippen molar-refractivity contribution in [2.75, 3.05) is 24.9 Å². The Hall–Kier alpha value is -2.20. The van der Waals surface area contributed by atoms with Crippen molar-refractivity contribution in [2.24, 2.45) is 5.16 Å². The quantitative estimate of drug-likeness (QED) is 0.272. The van der Waals surface area contributed by atoms with E-state index in [0.717, 1.165) is 11.3 Å². The van der Waals surface area contributed by atoms with Crippen molar-refractivity contribution in [1.29, 1.82) is 0 Å². The molecule has 1 aromatic heterocycles. The summed E-state index contributed by atoms with van der Waals surface area (Å²) in [5, 5.41) is 12.9. The van der Waals surface area contributed by atoms with Gasteiger partial charge in [0.15, 0.2) is 10.8 Å². The Morgan fingerprint density at radius 3 is 2.95 bits per heavy atom. The van der Waals surface area contributed by atoms with E-state index in [4.69, 9.17) is 11.6 Å². The van der Waals surface area contributed by atoms with Crippen LogP contribution >= 0.6 is 22.9 Å². The fourth-order valence-electron chi connectivity index (χ4n) is 1.52. The van der Waals surface area contributed by atoms with Gasteiger partial charge in [0.1, 0.15) is 24.7 Å². The van der Waals surface area contributed by atoms with Gasteiger partial charge in [-0.2, -0.15) is 0 Å². The van der Waals surface area contributed by atoms with E-state index in [1.807, 2.05) is 0 Å². The lowest BCUT2D eigenvalue weighted by Crippen LogP contribution is -2.62. The molecule has 0 bridgehead atoms. The number of hydrogen-bond donors (Lipinski definition) is 3. The van der Waals surface area contributed by atoms with Gasteiger partial charge in [-0.1, -0.05) is 5.16 Å². The van der Waals surface area contributed by atoms with Crippen LogP contribution in [0, 0.1) is 0 Å². The van der Waals surface area contributed by atoms with Crippen LogP contribution in [-0.4, -0.2) is 54.0 Å². The van der Waals surface area contributed by atoms with Crippen LogP contribution in [0.3, 0.4) is 0 Å². The third-order valence-electron chi connectivity index (χ3n) is 2.61. The summed E-state index contributed by atoms with van der Waals surface area (Å²) in [5.41, 5.74) is 0.124. The van der Waals surface area contributed by atoms with Gasteiger partial charge < -0.3 is 20.8 Å². The third kappa shape index (κ3) is 3.71.